The van der Waals surface area contributed by atoms with Crippen LogP contribution in [-0.2, 0) is 4.79 Å². The van der Waals surface area contributed by atoms with Gasteiger partial charge in [0.2, 0.25) is 5.91 Å². The molecular formula is C13H14BrN3O. The van der Waals surface area contributed by atoms with Crippen LogP contribution in [0.25, 0.3) is 0 Å². The molecule has 0 heterocycles. The van der Waals surface area contributed by atoms with Crippen LogP contribution in [0.3, 0.4) is 0 Å². The smallest absolute Gasteiger partial charge is 0.244 e. The molecule has 1 amide bonds. The molecule has 1 atom stereocenters. The van der Waals surface area contributed by atoms with Gasteiger partial charge in [0.1, 0.15) is 0 Å². The summed E-state index contributed by atoms with van der Waals surface area (Å²) in [7, 11) is 0. The van der Waals surface area contributed by atoms with Crippen molar-refractivity contribution in [2.45, 2.75) is 25.3 Å². The van der Waals surface area contributed by atoms with Gasteiger partial charge in [-0.05, 0) is 59.8 Å². The lowest BCUT2D eigenvalue weighted by Crippen LogP contribution is -2.50. The van der Waals surface area contributed by atoms with Crippen LogP contribution < -0.4 is 11.1 Å². The lowest BCUT2D eigenvalue weighted by molar-refractivity contribution is -0.121. The molecule has 4 nitrogen and oxygen atoms in total. The summed E-state index contributed by atoms with van der Waals surface area (Å²) in [6.07, 6.45) is 2.02. The van der Waals surface area contributed by atoms with Crippen LogP contribution in [0.2, 0.25) is 0 Å². The summed E-state index contributed by atoms with van der Waals surface area (Å²) in [5, 5.41) is 11.6. The van der Waals surface area contributed by atoms with Gasteiger partial charge >= 0.3 is 0 Å². The second-order valence-corrected chi connectivity index (χ2v) is 5.67. The Hall–Kier alpha value is -1.38. The number of carbonyl (C=O) groups is 1. The van der Waals surface area contributed by atoms with E-state index in [0.717, 1.165) is 12.8 Å². The number of hydrogen-bond donors (Lipinski definition) is 2. The van der Waals surface area contributed by atoms with Crippen molar-refractivity contribution in [1.29, 1.82) is 5.26 Å². The summed E-state index contributed by atoms with van der Waals surface area (Å²) in [6.45, 7) is 1.76. The summed E-state index contributed by atoms with van der Waals surface area (Å²) in [5.74, 6) is 0.0880. The van der Waals surface area contributed by atoms with Gasteiger partial charge in [-0.2, -0.15) is 5.26 Å². The third-order valence-corrected chi connectivity index (χ3v) is 3.92. The molecule has 1 aliphatic rings. The van der Waals surface area contributed by atoms with E-state index in [2.05, 4.69) is 21.2 Å². The molecule has 3 N–H and O–H groups in total. The molecule has 1 fully saturated rings. The molecule has 2 rings (SSSR count). The zero-order chi connectivity index (χ0) is 13.3. The number of nitrogens with zero attached hydrogens (tertiary/aromatic N) is 1. The standard InChI is InChI=1S/C13H14BrN3O/c1-13(16,9-3-4-9)12(18)17-11-5-2-8(7-15)6-10(11)14/h2,5-6,9H,3-4,16H2,1H3,(H,17,18). The van der Waals surface area contributed by atoms with E-state index in [9.17, 15) is 4.79 Å². The second kappa shape index (κ2) is 4.71. The molecule has 1 aromatic rings. The monoisotopic (exact) mass is 307 g/mol. The minimum atomic E-state index is -0.826. The third kappa shape index (κ3) is 2.55. The van der Waals surface area contributed by atoms with Crippen molar-refractivity contribution in [2.75, 3.05) is 5.32 Å². The van der Waals surface area contributed by atoms with Crippen LogP contribution >= 0.6 is 15.9 Å². The highest BCUT2D eigenvalue weighted by Crippen LogP contribution is 2.38. The molecule has 0 spiro atoms. The highest BCUT2D eigenvalue weighted by Gasteiger charge is 2.44. The Bertz CT molecular complexity index is 530. The summed E-state index contributed by atoms with van der Waals surface area (Å²) in [6, 6.07) is 7.06. The molecule has 94 valence electrons. The second-order valence-electron chi connectivity index (χ2n) is 4.82. The topological polar surface area (TPSA) is 78.9 Å². The fourth-order valence-electron chi connectivity index (χ4n) is 1.81. The van der Waals surface area contributed by atoms with E-state index in [4.69, 9.17) is 11.0 Å². The van der Waals surface area contributed by atoms with E-state index in [0.29, 0.717) is 15.7 Å². The first-order valence-electron chi connectivity index (χ1n) is 5.75. The molecule has 0 bridgehead atoms. The first-order valence-corrected chi connectivity index (χ1v) is 6.54. The maximum Gasteiger partial charge on any atom is 0.244 e. The van der Waals surface area contributed by atoms with Gasteiger partial charge in [-0.1, -0.05) is 0 Å². The molecule has 5 heteroatoms. The van der Waals surface area contributed by atoms with Gasteiger partial charge in [0.15, 0.2) is 0 Å². The minimum Gasteiger partial charge on any atom is -0.323 e. The normalized spacial score (nSPS) is 17.7. The highest BCUT2D eigenvalue weighted by molar-refractivity contribution is 9.10. The summed E-state index contributed by atoms with van der Waals surface area (Å²) >= 11 is 3.33. The van der Waals surface area contributed by atoms with Crippen molar-refractivity contribution >= 4 is 27.5 Å². The third-order valence-electron chi connectivity index (χ3n) is 3.26. The van der Waals surface area contributed by atoms with Gasteiger partial charge in [-0.3, -0.25) is 4.79 Å². The maximum absolute atomic E-state index is 12.1. The first-order chi connectivity index (χ1) is 8.45. The SMILES string of the molecule is CC(N)(C(=O)Nc1ccc(C#N)cc1Br)C1CC1. The number of hydrogen-bond acceptors (Lipinski definition) is 3. The number of nitriles is 1. The van der Waals surface area contributed by atoms with Crippen molar-refractivity contribution in [3.63, 3.8) is 0 Å². The molecule has 18 heavy (non-hydrogen) atoms. The summed E-state index contributed by atoms with van der Waals surface area (Å²) in [5.41, 5.74) is 6.39. The van der Waals surface area contributed by atoms with Gasteiger partial charge < -0.3 is 11.1 Å². The number of anilines is 1. The molecule has 1 aliphatic carbocycles. The average molecular weight is 308 g/mol. The van der Waals surface area contributed by atoms with Crippen LogP contribution in [0.4, 0.5) is 5.69 Å². The average Bonchev–Trinajstić information content (AvgIpc) is 3.15. The van der Waals surface area contributed by atoms with Crippen LogP contribution in [0.15, 0.2) is 22.7 Å². The van der Waals surface area contributed by atoms with Gasteiger partial charge in [-0.25, -0.2) is 0 Å². The van der Waals surface area contributed by atoms with E-state index in [-0.39, 0.29) is 11.8 Å². The predicted molar refractivity (Wildman–Crippen MR) is 72.8 cm³/mol. The predicted octanol–water partition coefficient (Wildman–Crippen LogP) is 2.39. The number of nitrogens with one attached hydrogen (secondary N) is 1. The van der Waals surface area contributed by atoms with Crippen molar-refractivity contribution in [2.24, 2.45) is 11.7 Å². The largest absolute Gasteiger partial charge is 0.323 e. The Morgan fingerprint density at radius 1 is 1.61 bits per heavy atom. The number of nitrogens with two attached hydrogens (primary N) is 1. The van der Waals surface area contributed by atoms with E-state index < -0.39 is 5.54 Å². The Morgan fingerprint density at radius 3 is 2.78 bits per heavy atom. The maximum atomic E-state index is 12.1. The molecule has 0 aliphatic heterocycles. The molecule has 0 aromatic heterocycles. The number of carbonyl (C=O) groups excluding carboxylic acids is 1. The molecule has 1 unspecified atom stereocenters. The zero-order valence-corrected chi connectivity index (χ0v) is 11.6. The number of amides is 1. The van der Waals surface area contributed by atoms with Crippen LogP contribution in [0.5, 0.6) is 0 Å². The summed E-state index contributed by atoms with van der Waals surface area (Å²) in [4.78, 5) is 12.1. The summed E-state index contributed by atoms with van der Waals surface area (Å²) < 4.78 is 0.682. The fraction of sp³-hybridized carbons (Fsp3) is 0.385. The van der Waals surface area contributed by atoms with Gasteiger partial charge in [0.25, 0.3) is 0 Å². The van der Waals surface area contributed by atoms with Gasteiger partial charge in [0, 0.05) is 4.47 Å². The molecule has 1 saturated carbocycles. The molecule has 1 aromatic carbocycles. The lowest BCUT2D eigenvalue weighted by atomic mass is 9.96. The van der Waals surface area contributed by atoms with Crippen molar-refractivity contribution < 1.29 is 4.79 Å². The van der Waals surface area contributed by atoms with Crippen molar-refractivity contribution in [3.8, 4) is 6.07 Å². The Labute approximate surface area is 114 Å². The van der Waals surface area contributed by atoms with Crippen LogP contribution in [-0.4, -0.2) is 11.4 Å². The number of rotatable bonds is 3. The molecule has 0 radical (unpaired) electrons. The zero-order valence-electron chi connectivity index (χ0n) is 10.0. The first kappa shape index (κ1) is 13.1. The van der Waals surface area contributed by atoms with Crippen molar-refractivity contribution in [3.05, 3.63) is 28.2 Å². The Morgan fingerprint density at radius 2 is 2.28 bits per heavy atom. The molecular weight excluding hydrogens is 294 g/mol. The molecule has 0 saturated heterocycles. The Balaban J connectivity index is 2.14. The minimum absolute atomic E-state index is 0.185. The van der Waals surface area contributed by atoms with Crippen molar-refractivity contribution in [1.82, 2.24) is 0 Å². The lowest BCUT2D eigenvalue weighted by Gasteiger charge is -2.23. The number of halogens is 1. The van der Waals surface area contributed by atoms with Crippen LogP contribution in [0.1, 0.15) is 25.3 Å². The Kier molecular flexibility index (Phi) is 3.42. The fourth-order valence-corrected chi connectivity index (χ4v) is 2.29. The quantitative estimate of drug-likeness (QED) is 0.900. The van der Waals surface area contributed by atoms with E-state index in [1.807, 2.05) is 6.07 Å². The number of benzene rings is 1. The van der Waals surface area contributed by atoms with Gasteiger partial charge in [-0.15, -0.1) is 0 Å². The van der Waals surface area contributed by atoms with E-state index >= 15 is 0 Å². The van der Waals surface area contributed by atoms with Crippen LogP contribution in [0, 0.1) is 17.2 Å². The highest BCUT2D eigenvalue weighted by atomic mass is 79.9. The van der Waals surface area contributed by atoms with E-state index in [1.165, 1.54) is 0 Å². The van der Waals surface area contributed by atoms with E-state index in [1.54, 1.807) is 25.1 Å². The van der Waals surface area contributed by atoms with Gasteiger partial charge in [0.05, 0.1) is 22.9 Å².